The fourth-order valence-electron chi connectivity index (χ4n) is 1.69. The Morgan fingerprint density at radius 1 is 1.21 bits per heavy atom. The van der Waals surface area contributed by atoms with E-state index in [2.05, 4.69) is 23.6 Å². The molecule has 2 N–H and O–H groups in total. The van der Waals surface area contributed by atoms with E-state index in [-0.39, 0.29) is 12.5 Å². The zero-order chi connectivity index (χ0) is 13.9. The van der Waals surface area contributed by atoms with E-state index in [1.807, 2.05) is 0 Å². The van der Waals surface area contributed by atoms with Gasteiger partial charge in [0.2, 0.25) is 5.91 Å². The van der Waals surface area contributed by atoms with Gasteiger partial charge in [0.1, 0.15) is 0 Å². The average Bonchev–Trinajstić information content (AvgIpc) is 2.45. The summed E-state index contributed by atoms with van der Waals surface area (Å²) in [5, 5.41) is 14.6. The predicted octanol–water partition coefficient (Wildman–Crippen LogP) is 2.67. The summed E-state index contributed by atoms with van der Waals surface area (Å²) in [5.74, 6) is 0.000795. The van der Waals surface area contributed by atoms with Crippen LogP contribution in [0.5, 0.6) is 0 Å². The van der Waals surface area contributed by atoms with Crippen LogP contribution in [-0.4, -0.2) is 19.0 Å². The number of amides is 1. The number of carbonyl (C=O) groups is 1. The molecule has 0 fully saturated rings. The van der Waals surface area contributed by atoms with Crippen molar-refractivity contribution in [2.75, 3.05) is 18.4 Å². The lowest BCUT2D eigenvalue weighted by atomic mass is 10.2. The number of unbranched alkanes of at least 4 members (excludes halogenated alkanes) is 3. The summed E-state index contributed by atoms with van der Waals surface area (Å²) in [7, 11) is 0. The molecular weight excluding hydrogens is 238 g/mol. The van der Waals surface area contributed by atoms with Crippen LogP contribution in [0.25, 0.3) is 0 Å². The summed E-state index contributed by atoms with van der Waals surface area (Å²) in [6, 6.07) is 9.11. The van der Waals surface area contributed by atoms with E-state index >= 15 is 0 Å². The van der Waals surface area contributed by atoms with E-state index in [4.69, 9.17) is 5.26 Å². The molecule has 102 valence electrons. The van der Waals surface area contributed by atoms with Gasteiger partial charge in [-0.2, -0.15) is 5.26 Å². The van der Waals surface area contributed by atoms with E-state index in [1.54, 1.807) is 24.3 Å². The second-order valence-electron chi connectivity index (χ2n) is 4.45. The second-order valence-corrected chi connectivity index (χ2v) is 4.45. The number of nitrogens with one attached hydrogen (secondary N) is 2. The molecule has 0 aromatic heterocycles. The normalized spacial score (nSPS) is 9.68. The topological polar surface area (TPSA) is 64.9 Å². The smallest absolute Gasteiger partial charge is 0.239 e. The van der Waals surface area contributed by atoms with Gasteiger partial charge in [-0.25, -0.2) is 0 Å². The van der Waals surface area contributed by atoms with Crippen LogP contribution in [0.3, 0.4) is 0 Å². The lowest BCUT2D eigenvalue weighted by molar-refractivity contribution is -0.119. The van der Waals surface area contributed by atoms with Crippen LogP contribution >= 0.6 is 0 Å². The molecule has 0 aliphatic heterocycles. The molecule has 1 amide bonds. The van der Waals surface area contributed by atoms with Gasteiger partial charge in [0, 0.05) is 12.2 Å². The van der Waals surface area contributed by atoms with Crippen LogP contribution < -0.4 is 10.6 Å². The largest absolute Gasteiger partial charge is 0.376 e. The molecule has 0 aliphatic carbocycles. The number of carbonyl (C=O) groups excluding carboxylic acids is 1. The van der Waals surface area contributed by atoms with Gasteiger partial charge in [-0.15, -0.1) is 0 Å². The van der Waals surface area contributed by atoms with E-state index in [1.165, 1.54) is 19.3 Å². The first-order valence-corrected chi connectivity index (χ1v) is 6.77. The molecule has 0 heterocycles. The van der Waals surface area contributed by atoms with Gasteiger partial charge >= 0.3 is 0 Å². The van der Waals surface area contributed by atoms with E-state index in [9.17, 15) is 4.79 Å². The third-order valence-electron chi connectivity index (χ3n) is 2.82. The van der Waals surface area contributed by atoms with Gasteiger partial charge in [0.25, 0.3) is 0 Å². The molecule has 0 aliphatic rings. The molecule has 0 bridgehead atoms. The van der Waals surface area contributed by atoms with Crippen molar-refractivity contribution in [1.82, 2.24) is 5.32 Å². The van der Waals surface area contributed by atoms with Crippen molar-refractivity contribution >= 4 is 11.6 Å². The summed E-state index contributed by atoms with van der Waals surface area (Å²) in [6.07, 6.45) is 4.63. The predicted molar refractivity (Wildman–Crippen MR) is 76.8 cm³/mol. The molecule has 1 aromatic rings. The van der Waals surface area contributed by atoms with Crippen LogP contribution in [0.15, 0.2) is 24.3 Å². The number of hydrogen-bond donors (Lipinski definition) is 2. The Hall–Kier alpha value is -2.02. The highest BCUT2D eigenvalue weighted by atomic mass is 16.1. The van der Waals surface area contributed by atoms with Gasteiger partial charge < -0.3 is 10.6 Å². The molecule has 0 saturated carbocycles. The van der Waals surface area contributed by atoms with Gasteiger partial charge in [-0.3, -0.25) is 4.79 Å². The molecule has 4 nitrogen and oxygen atoms in total. The van der Waals surface area contributed by atoms with Gasteiger partial charge in [0.15, 0.2) is 0 Å². The molecular formula is C15H21N3O. The highest BCUT2D eigenvalue weighted by Crippen LogP contribution is 2.07. The third kappa shape index (κ3) is 6.46. The van der Waals surface area contributed by atoms with Crippen molar-refractivity contribution in [3.8, 4) is 6.07 Å². The van der Waals surface area contributed by atoms with Crippen LogP contribution in [0.4, 0.5) is 5.69 Å². The molecule has 4 heteroatoms. The van der Waals surface area contributed by atoms with E-state index < -0.39 is 0 Å². The van der Waals surface area contributed by atoms with E-state index in [0.717, 1.165) is 18.7 Å². The number of nitriles is 1. The lowest BCUT2D eigenvalue weighted by Crippen LogP contribution is -2.30. The fraction of sp³-hybridized carbons (Fsp3) is 0.467. The fourth-order valence-corrected chi connectivity index (χ4v) is 1.69. The van der Waals surface area contributed by atoms with Crippen LogP contribution in [-0.2, 0) is 4.79 Å². The quantitative estimate of drug-likeness (QED) is 0.705. The molecule has 19 heavy (non-hydrogen) atoms. The first kappa shape index (κ1) is 15.0. The number of rotatable bonds is 8. The summed E-state index contributed by atoms with van der Waals surface area (Å²) in [6.45, 7) is 3.17. The Labute approximate surface area is 114 Å². The maximum atomic E-state index is 11.5. The molecule has 0 atom stereocenters. The molecule has 0 saturated heterocycles. The van der Waals surface area contributed by atoms with Crippen molar-refractivity contribution in [3.63, 3.8) is 0 Å². The molecule has 0 radical (unpaired) electrons. The van der Waals surface area contributed by atoms with Gasteiger partial charge in [-0.05, 0) is 30.7 Å². The van der Waals surface area contributed by atoms with Crippen molar-refractivity contribution in [3.05, 3.63) is 29.8 Å². The summed E-state index contributed by atoms with van der Waals surface area (Å²) in [4.78, 5) is 11.5. The molecule has 1 rings (SSSR count). The Bertz CT molecular complexity index is 420. The minimum Gasteiger partial charge on any atom is -0.376 e. The van der Waals surface area contributed by atoms with Crippen LogP contribution in [0.1, 0.15) is 38.2 Å². The number of hydrogen-bond acceptors (Lipinski definition) is 3. The number of anilines is 1. The second kappa shape index (κ2) is 8.98. The van der Waals surface area contributed by atoms with Gasteiger partial charge in [-0.1, -0.05) is 26.2 Å². The lowest BCUT2D eigenvalue weighted by Gasteiger charge is -2.07. The van der Waals surface area contributed by atoms with Crippen LogP contribution in [0.2, 0.25) is 0 Å². The molecule has 0 unspecified atom stereocenters. The van der Waals surface area contributed by atoms with E-state index in [0.29, 0.717) is 5.56 Å². The third-order valence-corrected chi connectivity index (χ3v) is 2.82. The number of nitrogens with zero attached hydrogens (tertiary/aromatic N) is 1. The van der Waals surface area contributed by atoms with Crippen molar-refractivity contribution in [2.24, 2.45) is 0 Å². The Morgan fingerprint density at radius 3 is 2.58 bits per heavy atom. The highest BCUT2D eigenvalue weighted by Gasteiger charge is 2.00. The highest BCUT2D eigenvalue weighted by molar-refractivity contribution is 5.80. The first-order valence-electron chi connectivity index (χ1n) is 6.77. The number of benzene rings is 1. The maximum Gasteiger partial charge on any atom is 0.239 e. The van der Waals surface area contributed by atoms with Crippen LogP contribution in [0, 0.1) is 11.3 Å². The van der Waals surface area contributed by atoms with Crippen molar-refractivity contribution in [1.29, 1.82) is 5.26 Å². The molecule has 1 aromatic carbocycles. The monoisotopic (exact) mass is 259 g/mol. The Balaban J connectivity index is 2.17. The van der Waals surface area contributed by atoms with Gasteiger partial charge in [0.05, 0.1) is 18.2 Å². The minimum absolute atomic E-state index is 0.000795. The standard InChI is InChI=1S/C15H21N3O/c1-2-3-4-5-10-17-15(19)12-18-14-8-6-13(11-16)7-9-14/h6-9,18H,2-5,10,12H2,1H3,(H,17,19). The van der Waals surface area contributed by atoms with Crippen molar-refractivity contribution in [2.45, 2.75) is 32.6 Å². The minimum atomic E-state index is 0.000795. The zero-order valence-electron chi connectivity index (χ0n) is 11.4. The average molecular weight is 259 g/mol. The first-order chi connectivity index (χ1) is 9.26. The van der Waals surface area contributed by atoms with Crippen molar-refractivity contribution < 1.29 is 4.79 Å². The molecule has 0 spiro atoms. The maximum absolute atomic E-state index is 11.5. The summed E-state index contributed by atoms with van der Waals surface area (Å²) in [5.41, 5.74) is 1.46. The Morgan fingerprint density at radius 2 is 1.95 bits per heavy atom. The Kier molecular flexibility index (Phi) is 7.11. The zero-order valence-corrected chi connectivity index (χ0v) is 11.4. The summed E-state index contributed by atoms with van der Waals surface area (Å²) < 4.78 is 0. The summed E-state index contributed by atoms with van der Waals surface area (Å²) >= 11 is 0. The SMILES string of the molecule is CCCCCCNC(=O)CNc1ccc(C#N)cc1.